The summed E-state index contributed by atoms with van der Waals surface area (Å²) in [5.41, 5.74) is 2.26. The van der Waals surface area contributed by atoms with Gasteiger partial charge in [-0.1, -0.05) is 156 Å². The average Bonchev–Trinajstić information content (AvgIpc) is 3.01. The van der Waals surface area contributed by atoms with Crippen LogP contribution in [0.5, 0.6) is 0 Å². The summed E-state index contributed by atoms with van der Waals surface area (Å²) in [5, 5.41) is 9.90. The van der Waals surface area contributed by atoms with Crippen molar-refractivity contribution in [2.75, 3.05) is 41.5 Å². The van der Waals surface area contributed by atoms with Crippen molar-refractivity contribution in [3.05, 3.63) is 0 Å². The third kappa shape index (κ3) is 19.5. The second-order valence-corrected chi connectivity index (χ2v) is 12.4. The number of aromatic nitrogens is 3. The summed E-state index contributed by atoms with van der Waals surface area (Å²) in [6, 6.07) is 0. The van der Waals surface area contributed by atoms with E-state index in [9.17, 15) is 5.21 Å². The number of nitrogens with zero attached hydrogens (tertiary/aromatic N) is 5. The number of nitrogens with one attached hydrogen (secondary N) is 1. The molecule has 1 rings (SSSR count). The lowest BCUT2D eigenvalue weighted by Gasteiger charge is -2.27. The van der Waals surface area contributed by atoms with E-state index in [4.69, 9.17) is 4.98 Å². The largest absolute Gasteiger partial charge is 0.341 e. The molecule has 0 aliphatic rings. The van der Waals surface area contributed by atoms with E-state index in [1.807, 2.05) is 0 Å². The van der Waals surface area contributed by atoms with Crippen molar-refractivity contribution >= 4 is 17.8 Å². The van der Waals surface area contributed by atoms with Crippen LogP contribution in [0.3, 0.4) is 0 Å². The molecule has 1 heterocycles. The summed E-state index contributed by atoms with van der Waals surface area (Å²) in [4.78, 5) is 19.1. The van der Waals surface area contributed by atoms with Crippen LogP contribution in [0.2, 0.25) is 0 Å². The molecule has 246 valence electrons. The van der Waals surface area contributed by atoms with Crippen molar-refractivity contribution in [3.8, 4) is 0 Å². The monoisotopic (exact) mass is 591 g/mol. The lowest BCUT2D eigenvalue weighted by molar-refractivity contribution is 0.382. The molecule has 0 fully saturated rings. The third-order valence-electron chi connectivity index (χ3n) is 8.40. The molecule has 0 saturated carbocycles. The first kappa shape index (κ1) is 38.4. The van der Waals surface area contributed by atoms with Crippen LogP contribution in [-0.4, -0.2) is 46.3 Å². The zero-order chi connectivity index (χ0) is 30.5. The molecule has 0 aromatic carbocycles. The van der Waals surface area contributed by atoms with Crippen molar-refractivity contribution in [2.45, 2.75) is 182 Å². The Hall–Kier alpha value is -1.63. The average molecular weight is 591 g/mol. The molecule has 0 spiro atoms. The Morgan fingerprint density at radius 1 is 0.405 bits per heavy atom. The molecule has 2 N–H and O–H groups in total. The first-order valence-electron chi connectivity index (χ1n) is 18.4. The molecule has 42 heavy (non-hydrogen) atoms. The SMILES string of the molecule is CCCCCCCCN(CCCCCCCC)c1nc(NO)nc(N(CCCCCCCC)CCCCCCCC)n1. The zero-order valence-electron chi connectivity index (χ0n) is 28.5. The molecule has 1 aromatic rings. The molecule has 0 aliphatic heterocycles. The van der Waals surface area contributed by atoms with E-state index >= 15 is 0 Å². The molecule has 0 bridgehead atoms. The number of anilines is 3. The van der Waals surface area contributed by atoms with Crippen LogP contribution in [0.15, 0.2) is 0 Å². The second-order valence-electron chi connectivity index (χ2n) is 12.4. The number of hydrogen-bond acceptors (Lipinski definition) is 7. The highest BCUT2D eigenvalue weighted by Crippen LogP contribution is 2.21. The van der Waals surface area contributed by atoms with Gasteiger partial charge in [0, 0.05) is 26.2 Å². The standard InChI is InChI=1S/C35H70N6O/c1-5-9-13-17-21-25-29-40(30-26-22-18-14-10-6-2)34-36-33(39-42)37-35(38-34)41(31-27-23-19-15-11-7-3)32-28-24-20-16-12-8-4/h42H,5-32H2,1-4H3,(H,36,37,38,39). The van der Waals surface area contributed by atoms with Gasteiger partial charge in [0.25, 0.3) is 5.95 Å². The molecule has 0 atom stereocenters. The van der Waals surface area contributed by atoms with Gasteiger partial charge in [-0.2, -0.15) is 15.0 Å². The molecule has 7 heteroatoms. The highest BCUT2D eigenvalue weighted by Gasteiger charge is 2.17. The van der Waals surface area contributed by atoms with Gasteiger partial charge in [0.05, 0.1) is 0 Å². The van der Waals surface area contributed by atoms with E-state index < -0.39 is 0 Å². The van der Waals surface area contributed by atoms with Crippen molar-refractivity contribution < 1.29 is 5.21 Å². The van der Waals surface area contributed by atoms with Gasteiger partial charge >= 0.3 is 0 Å². The predicted molar refractivity (Wildman–Crippen MR) is 183 cm³/mol. The van der Waals surface area contributed by atoms with Crippen molar-refractivity contribution in [2.24, 2.45) is 0 Å². The highest BCUT2D eigenvalue weighted by molar-refractivity contribution is 5.44. The highest BCUT2D eigenvalue weighted by atomic mass is 16.5. The van der Waals surface area contributed by atoms with E-state index in [2.05, 4.69) is 52.9 Å². The lowest BCUT2D eigenvalue weighted by atomic mass is 10.1. The van der Waals surface area contributed by atoms with Crippen molar-refractivity contribution in [1.82, 2.24) is 15.0 Å². The van der Waals surface area contributed by atoms with Crippen LogP contribution in [-0.2, 0) is 0 Å². The summed E-state index contributed by atoms with van der Waals surface area (Å²) in [7, 11) is 0. The van der Waals surface area contributed by atoms with E-state index in [1.165, 1.54) is 128 Å². The summed E-state index contributed by atoms with van der Waals surface area (Å²) < 4.78 is 0. The Kier molecular flexibility index (Phi) is 25.7. The van der Waals surface area contributed by atoms with Gasteiger partial charge in [-0.25, -0.2) is 5.48 Å². The summed E-state index contributed by atoms with van der Waals surface area (Å²) in [5.74, 6) is 1.70. The fourth-order valence-electron chi connectivity index (χ4n) is 5.64. The molecule has 0 radical (unpaired) electrons. The first-order chi connectivity index (χ1) is 20.7. The van der Waals surface area contributed by atoms with E-state index in [0.29, 0.717) is 0 Å². The summed E-state index contributed by atoms with van der Waals surface area (Å²) in [6.07, 6.45) is 30.6. The molecule has 1 aromatic heterocycles. The molecule has 0 amide bonds. The van der Waals surface area contributed by atoms with E-state index in [0.717, 1.165) is 63.8 Å². The number of rotatable bonds is 31. The predicted octanol–water partition coefficient (Wildman–Crippen LogP) is 10.7. The van der Waals surface area contributed by atoms with Gasteiger partial charge in [0.15, 0.2) is 0 Å². The fourth-order valence-corrected chi connectivity index (χ4v) is 5.64. The summed E-state index contributed by atoms with van der Waals surface area (Å²) >= 11 is 0. The minimum absolute atomic E-state index is 0.266. The van der Waals surface area contributed by atoms with Crippen LogP contribution in [0, 0.1) is 0 Å². The van der Waals surface area contributed by atoms with Gasteiger partial charge in [-0.3, -0.25) is 5.21 Å². The van der Waals surface area contributed by atoms with Crippen LogP contribution in [0.4, 0.5) is 17.8 Å². The Morgan fingerprint density at radius 2 is 0.667 bits per heavy atom. The minimum atomic E-state index is 0.266. The maximum absolute atomic E-state index is 9.90. The third-order valence-corrected chi connectivity index (χ3v) is 8.40. The van der Waals surface area contributed by atoms with Gasteiger partial charge in [0.1, 0.15) is 0 Å². The normalized spacial score (nSPS) is 11.3. The molecular formula is C35H70N6O. The van der Waals surface area contributed by atoms with Gasteiger partial charge in [-0.15, -0.1) is 0 Å². The Morgan fingerprint density at radius 3 is 0.929 bits per heavy atom. The smallest absolute Gasteiger partial charge is 0.253 e. The van der Waals surface area contributed by atoms with Crippen LogP contribution in [0.25, 0.3) is 0 Å². The van der Waals surface area contributed by atoms with Crippen LogP contribution in [0.1, 0.15) is 182 Å². The maximum Gasteiger partial charge on any atom is 0.253 e. The molecule has 0 aliphatic carbocycles. The second kappa shape index (κ2) is 28.2. The Bertz CT molecular complexity index is 632. The van der Waals surface area contributed by atoms with Crippen LogP contribution < -0.4 is 15.3 Å². The van der Waals surface area contributed by atoms with Crippen molar-refractivity contribution in [1.29, 1.82) is 0 Å². The van der Waals surface area contributed by atoms with Gasteiger partial charge < -0.3 is 9.80 Å². The van der Waals surface area contributed by atoms with E-state index in [-0.39, 0.29) is 5.95 Å². The van der Waals surface area contributed by atoms with E-state index in [1.54, 1.807) is 0 Å². The molecule has 0 unspecified atom stereocenters. The zero-order valence-corrected chi connectivity index (χ0v) is 28.5. The summed E-state index contributed by atoms with van der Waals surface area (Å²) in [6.45, 7) is 12.9. The quantitative estimate of drug-likeness (QED) is 0.0657. The fraction of sp³-hybridized carbons (Fsp3) is 0.914. The molecular weight excluding hydrogens is 520 g/mol. The lowest BCUT2D eigenvalue weighted by Crippen LogP contribution is -2.32. The number of unbranched alkanes of at least 4 members (excludes halogenated alkanes) is 20. The van der Waals surface area contributed by atoms with Gasteiger partial charge in [0.2, 0.25) is 11.9 Å². The van der Waals surface area contributed by atoms with Crippen LogP contribution >= 0.6 is 0 Å². The molecule has 0 saturated heterocycles. The Balaban J connectivity index is 2.99. The Labute approximate surface area is 261 Å². The topological polar surface area (TPSA) is 77.4 Å². The van der Waals surface area contributed by atoms with Crippen molar-refractivity contribution in [3.63, 3.8) is 0 Å². The number of hydrogen-bond donors (Lipinski definition) is 2. The maximum atomic E-state index is 9.90. The van der Waals surface area contributed by atoms with Gasteiger partial charge in [-0.05, 0) is 25.7 Å². The minimum Gasteiger partial charge on any atom is -0.341 e. The first-order valence-corrected chi connectivity index (χ1v) is 18.4. The molecule has 7 nitrogen and oxygen atoms in total.